The quantitative estimate of drug-likeness (QED) is 0.570. The first-order valence-electron chi connectivity index (χ1n) is 7.71. The zero-order valence-corrected chi connectivity index (χ0v) is 17.0. The number of thiazole rings is 1. The normalized spacial score (nSPS) is 14.4. The van der Waals surface area contributed by atoms with Gasteiger partial charge in [-0.2, -0.15) is 0 Å². The van der Waals surface area contributed by atoms with Crippen molar-refractivity contribution in [3.63, 3.8) is 0 Å². The SMILES string of the molecule is COC(c1nc2ccccc2s1)C(CO)NS(=O)(=O)c1ccc(Br)cc1. The van der Waals surface area contributed by atoms with Gasteiger partial charge in [0, 0.05) is 11.6 Å². The van der Waals surface area contributed by atoms with Crippen molar-refractivity contribution >= 4 is 47.5 Å². The summed E-state index contributed by atoms with van der Waals surface area (Å²) in [7, 11) is -2.35. The maximum atomic E-state index is 12.6. The van der Waals surface area contributed by atoms with Crippen LogP contribution in [0.5, 0.6) is 0 Å². The summed E-state index contributed by atoms with van der Waals surface area (Å²) in [5.41, 5.74) is 0.807. The Morgan fingerprint density at radius 1 is 1.23 bits per heavy atom. The van der Waals surface area contributed by atoms with Gasteiger partial charge in [-0.1, -0.05) is 28.1 Å². The minimum absolute atomic E-state index is 0.110. The van der Waals surface area contributed by atoms with E-state index in [9.17, 15) is 13.5 Å². The number of methoxy groups -OCH3 is 1. The number of aliphatic hydroxyl groups excluding tert-OH is 1. The molecule has 1 heterocycles. The third-order valence-corrected chi connectivity index (χ3v) is 6.93. The summed E-state index contributed by atoms with van der Waals surface area (Å²) in [5, 5.41) is 10.4. The highest BCUT2D eigenvalue weighted by molar-refractivity contribution is 9.10. The van der Waals surface area contributed by atoms with Gasteiger partial charge in [0.05, 0.1) is 27.8 Å². The number of aliphatic hydroxyl groups is 1. The Labute approximate surface area is 164 Å². The first-order chi connectivity index (χ1) is 12.4. The van der Waals surface area contributed by atoms with Gasteiger partial charge in [-0.3, -0.25) is 0 Å². The van der Waals surface area contributed by atoms with Crippen LogP contribution in [0.4, 0.5) is 0 Å². The van der Waals surface area contributed by atoms with Crippen LogP contribution in [0.2, 0.25) is 0 Å². The van der Waals surface area contributed by atoms with Crippen molar-refractivity contribution in [1.82, 2.24) is 9.71 Å². The monoisotopic (exact) mass is 456 g/mol. The molecule has 0 aliphatic carbocycles. The highest BCUT2D eigenvalue weighted by Crippen LogP contribution is 2.30. The number of hydrogen-bond acceptors (Lipinski definition) is 6. The smallest absolute Gasteiger partial charge is 0.240 e. The molecule has 138 valence electrons. The maximum absolute atomic E-state index is 12.6. The van der Waals surface area contributed by atoms with Gasteiger partial charge in [0.1, 0.15) is 11.1 Å². The number of nitrogens with one attached hydrogen (secondary N) is 1. The number of fused-ring (bicyclic) bond motifs is 1. The van der Waals surface area contributed by atoms with Crippen LogP contribution in [-0.2, 0) is 14.8 Å². The molecule has 0 spiro atoms. The summed E-state index contributed by atoms with van der Waals surface area (Å²) < 4.78 is 35.0. The summed E-state index contributed by atoms with van der Waals surface area (Å²) in [6.07, 6.45) is -0.706. The predicted octanol–water partition coefficient (Wildman–Crippen LogP) is 3.09. The van der Waals surface area contributed by atoms with Gasteiger partial charge < -0.3 is 9.84 Å². The van der Waals surface area contributed by atoms with Crippen LogP contribution in [0, 0.1) is 0 Å². The zero-order chi connectivity index (χ0) is 18.7. The van der Waals surface area contributed by atoms with Gasteiger partial charge in [0.2, 0.25) is 10.0 Å². The fraction of sp³-hybridized carbons (Fsp3) is 0.235. The van der Waals surface area contributed by atoms with Gasteiger partial charge in [-0.15, -0.1) is 11.3 Å². The van der Waals surface area contributed by atoms with Crippen molar-refractivity contribution in [1.29, 1.82) is 0 Å². The Kier molecular flexibility index (Phi) is 6.06. The van der Waals surface area contributed by atoms with Crippen LogP contribution in [0.25, 0.3) is 10.2 Å². The van der Waals surface area contributed by atoms with E-state index in [1.165, 1.54) is 30.6 Å². The Morgan fingerprint density at radius 2 is 1.92 bits per heavy atom. The van der Waals surface area contributed by atoms with Gasteiger partial charge in [0.15, 0.2) is 0 Å². The van der Waals surface area contributed by atoms with Gasteiger partial charge in [-0.25, -0.2) is 18.1 Å². The molecule has 2 aromatic carbocycles. The van der Waals surface area contributed by atoms with Crippen LogP contribution in [0.3, 0.4) is 0 Å². The van der Waals surface area contributed by atoms with Crippen LogP contribution >= 0.6 is 27.3 Å². The molecule has 3 rings (SSSR count). The van der Waals surface area contributed by atoms with Crippen LogP contribution in [0.1, 0.15) is 11.1 Å². The van der Waals surface area contributed by atoms with Crippen molar-refractivity contribution in [2.24, 2.45) is 0 Å². The molecule has 6 nitrogen and oxygen atoms in total. The molecule has 0 amide bonds. The summed E-state index contributed by atoms with van der Waals surface area (Å²) in [4.78, 5) is 4.62. The molecular formula is C17H17BrN2O4S2. The van der Waals surface area contributed by atoms with Crippen molar-refractivity contribution < 1.29 is 18.3 Å². The largest absolute Gasteiger partial charge is 0.395 e. The van der Waals surface area contributed by atoms with Crippen molar-refractivity contribution in [3.8, 4) is 0 Å². The molecule has 0 radical (unpaired) electrons. The van der Waals surface area contributed by atoms with E-state index >= 15 is 0 Å². The van der Waals surface area contributed by atoms with E-state index in [0.29, 0.717) is 5.01 Å². The molecule has 9 heteroatoms. The average Bonchev–Trinajstić information content (AvgIpc) is 3.05. The number of halogens is 1. The first kappa shape index (κ1) is 19.4. The van der Waals surface area contributed by atoms with E-state index in [1.807, 2.05) is 24.3 Å². The molecule has 0 saturated heterocycles. The number of rotatable bonds is 7. The zero-order valence-electron chi connectivity index (χ0n) is 13.8. The summed E-state index contributed by atoms with van der Waals surface area (Å²) >= 11 is 4.69. The lowest BCUT2D eigenvalue weighted by Gasteiger charge is -2.23. The average molecular weight is 457 g/mol. The highest BCUT2D eigenvalue weighted by atomic mass is 79.9. The third kappa shape index (κ3) is 4.13. The van der Waals surface area contributed by atoms with Crippen molar-refractivity contribution in [2.75, 3.05) is 13.7 Å². The lowest BCUT2D eigenvalue weighted by molar-refractivity contribution is 0.0530. The van der Waals surface area contributed by atoms with Gasteiger partial charge in [-0.05, 0) is 36.4 Å². The summed E-state index contributed by atoms with van der Waals surface area (Å²) in [6.45, 7) is -0.426. The predicted molar refractivity (Wildman–Crippen MR) is 105 cm³/mol. The van der Waals surface area contributed by atoms with Gasteiger partial charge in [0.25, 0.3) is 0 Å². The highest BCUT2D eigenvalue weighted by Gasteiger charge is 2.30. The van der Waals surface area contributed by atoms with E-state index < -0.39 is 28.8 Å². The van der Waals surface area contributed by atoms with Gasteiger partial charge >= 0.3 is 0 Å². The lowest BCUT2D eigenvalue weighted by atomic mass is 10.2. The molecule has 0 aliphatic heterocycles. The molecule has 2 unspecified atom stereocenters. The van der Waals surface area contributed by atoms with E-state index in [4.69, 9.17) is 4.74 Å². The minimum atomic E-state index is -3.82. The molecule has 26 heavy (non-hydrogen) atoms. The Balaban J connectivity index is 1.89. The number of sulfonamides is 1. The summed E-state index contributed by atoms with van der Waals surface area (Å²) in [5.74, 6) is 0. The van der Waals surface area contributed by atoms with E-state index in [1.54, 1.807) is 12.1 Å². The fourth-order valence-electron chi connectivity index (χ4n) is 2.52. The molecule has 1 aromatic heterocycles. The molecule has 2 atom stereocenters. The second kappa shape index (κ2) is 8.12. The van der Waals surface area contributed by atoms with Crippen molar-refractivity contribution in [2.45, 2.75) is 17.0 Å². The van der Waals surface area contributed by atoms with Crippen LogP contribution in [0.15, 0.2) is 57.9 Å². The molecular weight excluding hydrogens is 440 g/mol. The minimum Gasteiger partial charge on any atom is -0.395 e. The van der Waals surface area contributed by atoms with E-state index in [0.717, 1.165) is 14.7 Å². The topological polar surface area (TPSA) is 88.5 Å². The fourth-order valence-corrected chi connectivity index (χ4v) is 5.13. The Morgan fingerprint density at radius 3 is 2.54 bits per heavy atom. The third-order valence-electron chi connectivity index (χ3n) is 3.80. The van der Waals surface area contributed by atoms with E-state index in [-0.39, 0.29) is 4.90 Å². The lowest BCUT2D eigenvalue weighted by Crippen LogP contribution is -2.42. The molecule has 3 aromatic rings. The second-order valence-corrected chi connectivity index (χ2v) is 9.23. The number of para-hydroxylation sites is 1. The molecule has 0 saturated carbocycles. The number of nitrogens with zero attached hydrogens (tertiary/aromatic N) is 1. The second-order valence-electron chi connectivity index (χ2n) is 5.54. The standard InChI is InChI=1S/C17H17BrN2O4S2/c1-24-16(17-19-13-4-2-3-5-15(13)25-17)14(10-21)20-26(22,23)12-8-6-11(18)7-9-12/h2-9,14,16,20-21H,10H2,1H3. The molecule has 0 fully saturated rings. The Hall–Kier alpha value is -1.36. The Bertz CT molecular complexity index is 956. The summed E-state index contributed by atoms with van der Waals surface area (Å²) in [6, 6.07) is 13.0. The number of benzene rings is 2. The maximum Gasteiger partial charge on any atom is 0.240 e. The number of ether oxygens (including phenoxy) is 1. The van der Waals surface area contributed by atoms with Crippen LogP contribution < -0.4 is 4.72 Å². The number of hydrogen-bond donors (Lipinski definition) is 2. The molecule has 2 N–H and O–H groups in total. The molecule has 0 bridgehead atoms. The first-order valence-corrected chi connectivity index (χ1v) is 10.8. The number of aromatic nitrogens is 1. The molecule has 0 aliphatic rings. The van der Waals surface area contributed by atoms with E-state index in [2.05, 4.69) is 25.6 Å². The van der Waals surface area contributed by atoms with Crippen molar-refractivity contribution in [3.05, 3.63) is 58.0 Å². The van der Waals surface area contributed by atoms with Crippen LogP contribution in [-0.4, -0.2) is 38.3 Å².